The highest BCUT2D eigenvalue weighted by atomic mass is 16.8. The van der Waals surface area contributed by atoms with E-state index in [1.807, 2.05) is 18.2 Å². The Morgan fingerprint density at radius 1 is 1.19 bits per heavy atom. The molecule has 3 atom stereocenters. The van der Waals surface area contributed by atoms with E-state index in [0.29, 0.717) is 32.3 Å². The Morgan fingerprint density at radius 3 is 2.63 bits per heavy atom. The molecule has 2 saturated heterocycles. The van der Waals surface area contributed by atoms with Crippen molar-refractivity contribution >= 4 is 0 Å². The summed E-state index contributed by atoms with van der Waals surface area (Å²) < 4.78 is 24.6. The molecule has 2 aliphatic rings. The normalized spacial score (nSPS) is 28.9. The molecule has 27 heavy (non-hydrogen) atoms. The molecule has 152 valence electrons. The van der Waals surface area contributed by atoms with E-state index in [2.05, 4.69) is 26.0 Å². The average molecular weight is 379 g/mol. The first-order valence-corrected chi connectivity index (χ1v) is 10.2. The average Bonchev–Trinajstić information content (AvgIpc) is 3.11. The molecule has 1 aromatic rings. The highest BCUT2D eigenvalue weighted by molar-refractivity contribution is 5.13. The van der Waals surface area contributed by atoms with Crippen molar-refractivity contribution in [1.29, 1.82) is 0 Å². The van der Waals surface area contributed by atoms with Crippen LogP contribution in [0.5, 0.6) is 0 Å². The third-order valence-electron chi connectivity index (χ3n) is 5.88. The lowest BCUT2D eigenvalue weighted by molar-refractivity contribution is -0.215. The van der Waals surface area contributed by atoms with Gasteiger partial charge in [0.1, 0.15) is 6.61 Å². The van der Waals surface area contributed by atoms with Crippen molar-refractivity contribution in [2.45, 2.75) is 70.1 Å². The van der Waals surface area contributed by atoms with Gasteiger partial charge >= 0.3 is 0 Å². The highest BCUT2D eigenvalue weighted by Crippen LogP contribution is 2.38. The molecule has 1 spiro atoms. The van der Waals surface area contributed by atoms with Crippen molar-refractivity contribution in [3.05, 3.63) is 35.9 Å². The molecule has 0 bridgehead atoms. The summed E-state index contributed by atoms with van der Waals surface area (Å²) in [4.78, 5) is 0. The third kappa shape index (κ3) is 5.52. The monoisotopic (exact) mass is 378 g/mol. The van der Waals surface area contributed by atoms with Gasteiger partial charge in [-0.3, -0.25) is 0 Å². The van der Waals surface area contributed by atoms with Gasteiger partial charge in [0.05, 0.1) is 31.5 Å². The van der Waals surface area contributed by atoms with Crippen LogP contribution in [0, 0.1) is 5.92 Å². The van der Waals surface area contributed by atoms with Gasteiger partial charge in [0, 0.05) is 13.0 Å². The second kappa shape index (κ2) is 9.48. The molecule has 1 unspecified atom stereocenters. The van der Waals surface area contributed by atoms with Crippen LogP contribution in [0.2, 0.25) is 0 Å². The first-order valence-electron chi connectivity index (χ1n) is 10.2. The van der Waals surface area contributed by atoms with E-state index in [4.69, 9.17) is 18.9 Å². The van der Waals surface area contributed by atoms with E-state index in [9.17, 15) is 5.11 Å². The minimum absolute atomic E-state index is 0.0192. The van der Waals surface area contributed by atoms with Crippen molar-refractivity contribution in [2.75, 3.05) is 26.4 Å². The Labute approximate surface area is 163 Å². The molecule has 1 aromatic carbocycles. The summed E-state index contributed by atoms with van der Waals surface area (Å²) in [6.07, 6.45) is 4.49. The molecule has 5 heteroatoms. The summed E-state index contributed by atoms with van der Waals surface area (Å²) in [6.45, 7) is 6.75. The van der Waals surface area contributed by atoms with Gasteiger partial charge in [-0.15, -0.1) is 0 Å². The van der Waals surface area contributed by atoms with Crippen molar-refractivity contribution in [2.24, 2.45) is 5.92 Å². The zero-order chi connectivity index (χ0) is 19.2. The van der Waals surface area contributed by atoms with Gasteiger partial charge in [-0.2, -0.15) is 0 Å². The molecule has 0 amide bonds. The SMILES string of the molecule is CC(CO)CCC[C@]1(C)OCC2(CC[C@H]1OCc1ccccc1)OCCO2. The number of benzene rings is 1. The van der Waals surface area contributed by atoms with Gasteiger partial charge in [-0.05, 0) is 37.7 Å². The molecule has 0 aliphatic carbocycles. The maximum atomic E-state index is 9.29. The summed E-state index contributed by atoms with van der Waals surface area (Å²) in [5.74, 6) is -0.291. The summed E-state index contributed by atoms with van der Waals surface area (Å²) in [5.41, 5.74) is 0.782. The lowest BCUT2D eigenvalue weighted by atomic mass is 9.88. The van der Waals surface area contributed by atoms with E-state index < -0.39 is 5.79 Å². The van der Waals surface area contributed by atoms with Crippen LogP contribution < -0.4 is 0 Å². The van der Waals surface area contributed by atoms with Crippen LogP contribution in [-0.2, 0) is 25.6 Å². The summed E-state index contributed by atoms with van der Waals surface area (Å²) in [6, 6.07) is 10.3. The van der Waals surface area contributed by atoms with Gasteiger partial charge in [0.2, 0.25) is 0 Å². The lowest BCUT2D eigenvalue weighted by Gasteiger charge is -2.36. The summed E-state index contributed by atoms with van der Waals surface area (Å²) in [7, 11) is 0. The fraction of sp³-hybridized carbons (Fsp3) is 0.727. The zero-order valence-electron chi connectivity index (χ0n) is 16.7. The Balaban J connectivity index is 1.66. The van der Waals surface area contributed by atoms with Crippen LogP contribution in [0.25, 0.3) is 0 Å². The number of hydrogen-bond acceptors (Lipinski definition) is 5. The molecule has 1 N–H and O–H groups in total. The Morgan fingerprint density at radius 2 is 1.93 bits per heavy atom. The highest BCUT2D eigenvalue weighted by Gasteiger charge is 2.47. The molecule has 0 radical (unpaired) electrons. The number of ether oxygens (including phenoxy) is 4. The number of rotatable bonds is 8. The van der Waals surface area contributed by atoms with E-state index >= 15 is 0 Å². The standard InChI is InChI=1S/C22H34O5/c1-18(15-23)7-6-11-21(2)20(24-16-19-8-4-3-5-9-19)10-12-22(17-27-21)25-13-14-26-22/h3-5,8-9,18,20,23H,6-7,10-17H2,1-2H3/t18?,20-,21+/m1/s1. The van der Waals surface area contributed by atoms with E-state index in [-0.39, 0.29) is 18.3 Å². The second-order valence-electron chi connectivity index (χ2n) is 8.21. The number of aliphatic hydroxyl groups is 1. The van der Waals surface area contributed by atoms with Crippen LogP contribution in [0.15, 0.2) is 30.3 Å². The predicted molar refractivity (Wildman–Crippen MR) is 103 cm³/mol. The molecule has 2 heterocycles. The van der Waals surface area contributed by atoms with Crippen molar-refractivity contribution < 1.29 is 24.1 Å². The van der Waals surface area contributed by atoms with Gasteiger partial charge < -0.3 is 24.1 Å². The van der Waals surface area contributed by atoms with Gasteiger partial charge in [0.15, 0.2) is 5.79 Å². The molecule has 3 rings (SSSR count). The van der Waals surface area contributed by atoms with Crippen LogP contribution in [0.4, 0.5) is 0 Å². The van der Waals surface area contributed by atoms with Crippen LogP contribution in [0.3, 0.4) is 0 Å². The molecule has 2 fully saturated rings. The molecular formula is C22H34O5. The van der Waals surface area contributed by atoms with E-state index in [1.165, 1.54) is 5.56 Å². The molecule has 5 nitrogen and oxygen atoms in total. The van der Waals surface area contributed by atoms with Gasteiger partial charge in [0.25, 0.3) is 0 Å². The maximum Gasteiger partial charge on any atom is 0.192 e. The van der Waals surface area contributed by atoms with E-state index in [0.717, 1.165) is 32.1 Å². The number of aliphatic hydroxyl groups excluding tert-OH is 1. The smallest absolute Gasteiger partial charge is 0.192 e. The van der Waals surface area contributed by atoms with E-state index in [1.54, 1.807) is 0 Å². The van der Waals surface area contributed by atoms with Crippen LogP contribution in [-0.4, -0.2) is 49.0 Å². The largest absolute Gasteiger partial charge is 0.396 e. The van der Waals surface area contributed by atoms with Gasteiger partial charge in [-0.25, -0.2) is 0 Å². The fourth-order valence-corrected chi connectivity index (χ4v) is 3.98. The Hall–Kier alpha value is -0.980. The first-order chi connectivity index (χ1) is 13.1. The Kier molecular flexibility index (Phi) is 7.29. The molecular weight excluding hydrogens is 344 g/mol. The maximum absolute atomic E-state index is 9.29. The van der Waals surface area contributed by atoms with Crippen LogP contribution in [0.1, 0.15) is 51.5 Å². The summed E-state index contributed by atoms with van der Waals surface area (Å²) >= 11 is 0. The Bertz CT molecular complexity index is 557. The first kappa shape index (κ1) is 20.7. The summed E-state index contributed by atoms with van der Waals surface area (Å²) in [5, 5.41) is 9.29. The minimum Gasteiger partial charge on any atom is -0.396 e. The topological polar surface area (TPSA) is 57.2 Å². The van der Waals surface area contributed by atoms with Crippen LogP contribution >= 0.6 is 0 Å². The van der Waals surface area contributed by atoms with Crippen molar-refractivity contribution in [1.82, 2.24) is 0 Å². The third-order valence-corrected chi connectivity index (χ3v) is 5.88. The molecule has 2 aliphatic heterocycles. The number of hydrogen-bond donors (Lipinski definition) is 1. The lowest BCUT2D eigenvalue weighted by Crippen LogP contribution is -2.44. The van der Waals surface area contributed by atoms with Gasteiger partial charge in [-0.1, -0.05) is 43.7 Å². The predicted octanol–water partition coefficient (Wildman–Crippen LogP) is 3.68. The second-order valence-corrected chi connectivity index (χ2v) is 8.21. The fourth-order valence-electron chi connectivity index (χ4n) is 3.98. The minimum atomic E-state index is -0.607. The zero-order valence-corrected chi connectivity index (χ0v) is 16.7. The van der Waals surface area contributed by atoms with Crippen molar-refractivity contribution in [3.8, 4) is 0 Å². The molecule has 0 saturated carbocycles. The molecule has 0 aromatic heterocycles. The quantitative estimate of drug-likeness (QED) is 0.748. The van der Waals surface area contributed by atoms with Crippen molar-refractivity contribution in [3.63, 3.8) is 0 Å².